The maximum atomic E-state index is 13.9. The number of anilines is 1. The topological polar surface area (TPSA) is 93.4 Å². The maximum Gasteiger partial charge on any atom is 0.482 e. The minimum absolute atomic E-state index is 0.117. The molecule has 2 aliphatic rings. The van der Waals surface area contributed by atoms with E-state index < -0.39 is 12.0 Å². The number of carbonyl (C=O) groups is 1. The molecule has 0 aliphatic carbocycles. The zero-order valence-corrected chi connectivity index (χ0v) is 17.4. The average molecular weight is 452 g/mol. The standard InChI is InChI=1S/C19H19F2N5O2S2/c20-19(21,17(22)27)28-13-5-4-12(16-23-6-7-29-16)14-15(13)30-18(25-14)26-8-10-2-1-3-11(9-26)24-10/h4-7,10-11,24H,1-3,8-9H2,(H2,22,27). The van der Waals surface area contributed by atoms with E-state index >= 15 is 0 Å². The number of piperazine rings is 1. The first-order chi connectivity index (χ1) is 14.4. The summed E-state index contributed by atoms with van der Waals surface area (Å²) in [6.45, 7) is 1.63. The van der Waals surface area contributed by atoms with Crippen molar-refractivity contribution >= 4 is 43.9 Å². The number of thiazole rings is 2. The number of ether oxygens (including phenoxy) is 1. The van der Waals surface area contributed by atoms with E-state index in [4.69, 9.17) is 15.5 Å². The minimum Gasteiger partial charge on any atom is -0.424 e. The SMILES string of the molecule is NC(=O)C(F)(F)Oc1ccc(-c2nccs2)c2nc(N3CC4CCCC(C3)N4)sc12. The van der Waals surface area contributed by atoms with Crippen molar-refractivity contribution in [2.75, 3.05) is 18.0 Å². The number of piperidine rings is 1. The number of alkyl halides is 2. The van der Waals surface area contributed by atoms with Gasteiger partial charge in [-0.15, -0.1) is 11.3 Å². The van der Waals surface area contributed by atoms with Gasteiger partial charge in [-0.05, 0) is 25.0 Å². The molecule has 0 spiro atoms. The number of nitrogens with two attached hydrogens (primary N) is 1. The number of fused-ring (bicyclic) bond motifs is 3. The molecule has 7 nitrogen and oxygen atoms in total. The normalized spacial score (nSPS) is 21.7. The van der Waals surface area contributed by atoms with Gasteiger partial charge in [-0.2, -0.15) is 8.78 Å². The van der Waals surface area contributed by atoms with Crippen LogP contribution in [0.4, 0.5) is 13.9 Å². The van der Waals surface area contributed by atoms with Crippen LogP contribution in [-0.2, 0) is 4.79 Å². The predicted octanol–water partition coefficient (Wildman–Crippen LogP) is 3.21. The van der Waals surface area contributed by atoms with E-state index in [1.54, 1.807) is 12.3 Å². The summed E-state index contributed by atoms with van der Waals surface area (Å²) in [5.74, 6) is -1.95. The molecular weight excluding hydrogens is 432 g/mol. The molecule has 0 saturated carbocycles. The predicted molar refractivity (Wildman–Crippen MR) is 112 cm³/mol. The van der Waals surface area contributed by atoms with Crippen molar-refractivity contribution in [3.63, 3.8) is 0 Å². The number of aromatic nitrogens is 2. The van der Waals surface area contributed by atoms with Crippen LogP contribution in [0.5, 0.6) is 5.75 Å². The van der Waals surface area contributed by atoms with Crippen molar-refractivity contribution in [1.29, 1.82) is 0 Å². The molecule has 158 valence electrons. The molecule has 2 fully saturated rings. The molecule has 4 heterocycles. The summed E-state index contributed by atoms with van der Waals surface area (Å²) < 4.78 is 33.0. The first-order valence-electron chi connectivity index (χ1n) is 9.62. The highest BCUT2D eigenvalue weighted by Gasteiger charge is 2.41. The number of nitrogens with one attached hydrogen (secondary N) is 1. The Bertz CT molecular complexity index is 1080. The van der Waals surface area contributed by atoms with Gasteiger partial charge in [0.1, 0.15) is 10.8 Å². The number of hydrogen-bond acceptors (Lipinski definition) is 8. The number of nitrogens with zero attached hydrogens (tertiary/aromatic N) is 3. The van der Waals surface area contributed by atoms with Crippen LogP contribution in [0.3, 0.4) is 0 Å². The highest BCUT2D eigenvalue weighted by molar-refractivity contribution is 7.22. The molecule has 1 amide bonds. The molecule has 0 radical (unpaired) electrons. The fourth-order valence-electron chi connectivity index (χ4n) is 4.07. The lowest BCUT2D eigenvalue weighted by Gasteiger charge is -2.42. The van der Waals surface area contributed by atoms with Crippen LogP contribution in [0.2, 0.25) is 0 Å². The van der Waals surface area contributed by atoms with E-state index in [-0.39, 0.29) is 5.75 Å². The van der Waals surface area contributed by atoms with Crippen molar-refractivity contribution in [2.24, 2.45) is 5.73 Å². The van der Waals surface area contributed by atoms with Crippen molar-refractivity contribution in [3.8, 4) is 16.3 Å². The van der Waals surface area contributed by atoms with E-state index in [9.17, 15) is 13.6 Å². The van der Waals surface area contributed by atoms with E-state index in [2.05, 4.69) is 15.2 Å². The molecule has 3 N–H and O–H groups in total. The Labute approximate surface area is 178 Å². The Kier molecular flexibility index (Phi) is 4.83. The fourth-order valence-corrected chi connectivity index (χ4v) is 5.79. The molecule has 3 aromatic rings. The molecule has 2 bridgehead atoms. The first kappa shape index (κ1) is 19.6. The summed E-state index contributed by atoms with van der Waals surface area (Å²) in [5, 5.41) is 6.96. The van der Waals surface area contributed by atoms with Gasteiger partial charge in [0.2, 0.25) is 0 Å². The largest absolute Gasteiger partial charge is 0.482 e. The van der Waals surface area contributed by atoms with E-state index in [1.807, 2.05) is 5.38 Å². The molecule has 2 saturated heterocycles. The van der Waals surface area contributed by atoms with Gasteiger partial charge >= 0.3 is 12.0 Å². The third kappa shape index (κ3) is 3.50. The van der Waals surface area contributed by atoms with Crippen molar-refractivity contribution in [3.05, 3.63) is 23.7 Å². The molecule has 2 atom stereocenters. The number of hydrogen-bond donors (Lipinski definition) is 2. The van der Waals surface area contributed by atoms with Crippen LogP contribution in [0.25, 0.3) is 20.8 Å². The van der Waals surface area contributed by atoms with Gasteiger partial charge in [0, 0.05) is 42.3 Å². The molecule has 11 heteroatoms. The van der Waals surface area contributed by atoms with Crippen LogP contribution in [0, 0.1) is 0 Å². The summed E-state index contributed by atoms with van der Waals surface area (Å²) in [7, 11) is 0. The van der Waals surface area contributed by atoms with Gasteiger partial charge < -0.3 is 20.7 Å². The second kappa shape index (κ2) is 7.40. The van der Waals surface area contributed by atoms with Crippen LogP contribution in [0.1, 0.15) is 19.3 Å². The minimum atomic E-state index is -4.11. The number of halogens is 2. The summed E-state index contributed by atoms with van der Waals surface area (Å²) in [6.07, 6.45) is 1.02. The van der Waals surface area contributed by atoms with Gasteiger partial charge in [-0.3, -0.25) is 4.79 Å². The van der Waals surface area contributed by atoms with E-state index in [0.717, 1.165) is 41.6 Å². The Morgan fingerprint density at radius 1 is 1.30 bits per heavy atom. The van der Waals surface area contributed by atoms with Crippen LogP contribution >= 0.6 is 22.7 Å². The molecule has 30 heavy (non-hydrogen) atoms. The average Bonchev–Trinajstić information content (AvgIpc) is 3.38. The first-order valence-corrected chi connectivity index (χ1v) is 11.3. The van der Waals surface area contributed by atoms with E-state index in [0.29, 0.717) is 22.3 Å². The van der Waals surface area contributed by atoms with E-state index in [1.165, 1.54) is 35.2 Å². The monoisotopic (exact) mass is 451 g/mol. The number of primary amides is 1. The highest BCUT2D eigenvalue weighted by atomic mass is 32.1. The molecule has 1 aromatic carbocycles. The van der Waals surface area contributed by atoms with Gasteiger partial charge in [-0.25, -0.2) is 9.97 Å². The van der Waals surface area contributed by atoms with Gasteiger partial charge in [-0.1, -0.05) is 17.8 Å². The zero-order valence-electron chi connectivity index (χ0n) is 15.8. The lowest BCUT2D eigenvalue weighted by molar-refractivity contribution is -0.188. The lowest BCUT2D eigenvalue weighted by atomic mass is 9.94. The fraction of sp³-hybridized carbons (Fsp3) is 0.421. The summed E-state index contributed by atoms with van der Waals surface area (Å²) in [4.78, 5) is 22.4. The van der Waals surface area contributed by atoms with Gasteiger partial charge in [0.25, 0.3) is 0 Å². The molecule has 2 aliphatic heterocycles. The molecule has 2 aromatic heterocycles. The number of carbonyl (C=O) groups excluding carboxylic acids is 1. The van der Waals surface area contributed by atoms with Crippen molar-refractivity contribution in [2.45, 2.75) is 37.5 Å². The number of rotatable bonds is 5. The smallest absolute Gasteiger partial charge is 0.424 e. The third-order valence-corrected chi connectivity index (χ3v) is 7.35. The highest BCUT2D eigenvalue weighted by Crippen LogP contribution is 2.43. The molecular formula is C19H19F2N5O2S2. The molecule has 2 unspecified atom stereocenters. The molecule has 5 rings (SSSR count). The van der Waals surface area contributed by atoms with Crippen molar-refractivity contribution < 1.29 is 18.3 Å². The van der Waals surface area contributed by atoms with Crippen LogP contribution in [0.15, 0.2) is 23.7 Å². The number of benzene rings is 1. The number of amides is 1. The Morgan fingerprint density at radius 3 is 2.73 bits per heavy atom. The Balaban J connectivity index is 1.59. The third-order valence-electron chi connectivity index (χ3n) is 5.41. The van der Waals surface area contributed by atoms with Crippen molar-refractivity contribution in [1.82, 2.24) is 15.3 Å². The van der Waals surface area contributed by atoms with Crippen LogP contribution in [-0.4, -0.2) is 47.2 Å². The summed E-state index contributed by atoms with van der Waals surface area (Å²) in [5.41, 5.74) is 6.07. The maximum absolute atomic E-state index is 13.9. The Hall–Kier alpha value is -2.37. The second-order valence-electron chi connectivity index (χ2n) is 7.50. The zero-order chi connectivity index (χ0) is 20.9. The quantitative estimate of drug-likeness (QED) is 0.619. The lowest BCUT2D eigenvalue weighted by Crippen LogP contribution is -2.58. The summed E-state index contributed by atoms with van der Waals surface area (Å²) >= 11 is 2.73. The van der Waals surface area contributed by atoms with Gasteiger partial charge in [0.05, 0.1) is 10.2 Å². The van der Waals surface area contributed by atoms with Crippen LogP contribution < -0.4 is 20.7 Å². The second-order valence-corrected chi connectivity index (χ2v) is 9.37. The Morgan fingerprint density at radius 2 is 2.07 bits per heavy atom. The summed E-state index contributed by atoms with van der Waals surface area (Å²) in [6, 6.07) is 3.87. The van der Waals surface area contributed by atoms with Gasteiger partial charge in [0.15, 0.2) is 5.13 Å².